The minimum Gasteiger partial charge on any atom is -0.426 e. The fourth-order valence-corrected chi connectivity index (χ4v) is 1.15. The van der Waals surface area contributed by atoms with E-state index in [-0.39, 0.29) is 24.0 Å². The van der Waals surface area contributed by atoms with Gasteiger partial charge in [0, 0.05) is 12.3 Å². The van der Waals surface area contributed by atoms with Crippen LogP contribution in [0.4, 0.5) is 4.79 Å². The number of aromatic nitrogens is 1. The number of hydrogen-bond acceptors (Lipinski definition) is 7. The van der Waals surface area contributed by atoms with Crippen molar-refractivity contribution in [3.63, 3.8) is 0 Å². The molecule has 0 aliphatic carbocycles. The van der Waals surface area contributed by atoms with E-state index < -0.39 is 12.0 Å². The molecule has 94 valence electrons. The highest BCUT2D eigenvalue weighted by Crippen LogP contribution is 2.08. The van der Waals surface area contributed by atoms with Crippen LogP contribution < -0.4 is 10.6 Å². The standard InChI is InChI=1S/C11H9NO6/c1-7-8(17-11(14)16-7)6-15-10(13)18-9-4-2-3-5-12-9/h2-5H,6H2,1H3. The molecule has 0 unspecified atom stereocenters. The van der Waals surface area contributed by atoms with Gasteiger partial charge in [-0.3, -0.25) is 0 Å². The first-order valence-electron chi connectivity index (χ1n) is 5.00. The number of rotatable bonds is 3. The highest BCUT2D eigenvalue weighted by atomic mass is 16.7. The molecule has 0 aliphatic rings. The molecule has 0 fully saturated rings. The molecule has 0 spiro atoms. The second-order valence-corrected chi connectivity index (χ2v) is 3.24. The summed E-state index contributed by atoms with van der Waals surface area (Å²) in [7, 11) is 0. The zero-order valence-electron chi connectivity index (χ0n) is 9.41. The molecule has 0 saturated carbocycles. The first-order chi connectivity index (χ1) is 8.65. The molecule has 2 heterocycles. The molecular formula is C11H9NO6. The lowest BCUT2D eigenvalue weighted by molar-refractivity contribution is 0.0843. The molecule has 2 rings (SSSR count). The average molecular weight is 251 g/mol. The van der Waals surface area contributed by atoms with Crippen molar-refractivity contribution in [3.05, 3.63) is 46.5 Å². The third-order valence-electron chi connectivity index (χ3n) is 1.98. The molecule has 0 aliphatic heterocycles. The first-order valence-corrected chi connectivity index (χ1v) is 5.00. The Hall–Kier alpha value is -2.57. The summed E-state index contributed by atoms with van der Waals surface area (Å²) >= 11 is 0. The molecule has 7 nitrogen and oxygen atoms in total. The summed E-state index contributed by atoms with van der Waals surface area (Å²) in [4.78, 5) is 25.8. The van der Waals surface area contributed by atoms with Crippen LogP contribution >= 0.6 is 0 Å². The topological polar surface area (TPSA) is 91.8 Å². The van der Waals surface area contributed by atoms with Crippen LogP contribution in [0.5, 0.6) is 5.88 Å². The summed E-state index contributed by atoms with van der Waals surface area (Å²) in [6.45, 7) is 1.27. The van der Waals surface area contributed by atoms with Crippen LogP contribution in [0.1, 0.15) is 11.5 Å². The molecule has 7 heteroatoms. The van der Waals surface area contributed by atoms with E-state index in [1.54, 1.807) is 12.1 Å². The van der Waals surface area contributed by atoms with Gasteiger partial charge in [0.2, 0.25) is 5.88 Å². The monoisotopic (exact) mass is 251 g/mol. The molecule has 0 saturated heterocycles. The predicted molar refractivity (Wildman–Crippen MR) is 57.0 cm³/mol. The largest absolute Gasteiger partial charge is 0.519 e. The fraction of sp³-hybridized carbons (Fsp3) is 0.182. The molecule has 2 aromatic heterocycles. The zero-order valence-corrected chi connectivity index (χ0v) is 9.41. The van der Waals surface area contributed by atoms with E-state index in [0.717, 1.165) is 0 Å². The Morgan fingerprint density at radius 3 is 2.83 bits per heavy atom. The van der Waals surface area contributed by atoms with Crippen LogP contribution in [-0.4, -0.2) is 11.1 Å². The number of ether oxygens (including phenoxy) is 2. The van der Waals surface area contributed by atoms with Crippen molar-refractivity contribution in [2.24, 2.45) is 0 Å². The highest BCUT2D eigenvalue weighted by Gasteiger charge is 2.13. The summed E-state index contributed by atoms with van der Waals surface area (Å²) in [5, 5.41) is 0. The fourth-order valence-electron chi connectivity index (χ4n) is 1.15. The maximum atomic E-state index is 11.3. The van der Waals surface area contributed by atoms with Crippen LogP contribution in [0.2, 0.25) is 0 Å². The summed E-state index contributed by atoms with van der Waals surface area (Å²) in [5.41, 5.74) is 0. The van der Waals surface area contributed by atoms with Crippen molar-refractivity contribution in [1.82, 2.24) is 4.98 Å². The van der Waals surface area contributed by atoms with Crippen molar-refractivity contribution in [2.75, 3.05) is 0 Å². The lowest BCUT2D eigenvalue weighted by Gasteiger charge is -2.02. The van der Waals surface area contributed by atoms with Gasteiger partial charge in [-0.15, -0.1) is 0 Å². The van der Waals surface area contributed by atoms with Crippen LogP contribution in [0.25, 0.3) is 0 Å². The molecule has 0 radical (unpaired) electrons. The number of carbonyl (C=O) groups excluding carboxylic acids is 1. The number of aryl methyl sites for hydroxylation is 1. The van der Waals surface area contributed by atoms with Crippen molar-refractivity contribution >= 4 is 6.16 Å². The Bertz CT molecular complexity index is 585. The normalized spacial score (nSPS) is 10.1. The quantitative estimate of drug-likeness (QED) is 0.765. The summed E-state index contributed by atoms with van der Waals surface area (Å²) < 4.78 is 18.7. The van der Waals surface area contributed by atoms with E-state index in [1.807, 2.05) is 0 Å². The van der Waals surface area contributed by atoms with Gasteiger partial charge in [-0.05, 0) is 13.0 Å². The number of pyridine rings is 1. The van der Waals surface area contributed by atoms with Gasteiger partial charge in [0.05, 0.1) is 0 Å². The van der Waals surface area contributed by atoms with Gasteiger partial charge >= 0.3 is 12.0 Å². The lowest BCUT2D eigenvalue weighted by atomic mass is 10.4. The second-order valence-electron chi connectivity index (χ2n) is 3.24. The Labute approximate surface area is 101 Å². The maximum Gasteiger partial charge on any atom is 0.519 e. The predicted octanol–water partition coefficient (Wildman–Crippen LogP) is 1.65. The van der Waals surface area contributed by atoms with E-state index in [4.69, 9.17) is 9.47 Å². The van der Waals surface area contributed by atoms with Gasteiger partial charge in [0.25, 0.3) is 0 Å². The van der Waals surface area contributed by atoms with Gasteiger partial charge in [-0.25, -0.2) is 14.6 Å². The molecular weight excluding hydrogens is 242 g/mol. The molecule has 2 aromatic rings. The molecule has 0 amide bonds. The van der Waals surface area contributed by atoms with Crippen molar-refractivity contribution < 1.29 is 23.1 Å². The summed E-state index contributed by atoms with van der Waals surface area (Å²) in [6.07, 6.45) is 0.527. The van der Waals surface area contributed by atoms with Gasteiger partial charge in [0.1, 0.15) is 0 Å². The van der Waals surface area contributed by atoms with Crippen LogP contribution in [0, 0.1) is 6.92 Å². The van der Waals surface area contributed by atoms with E-state index in [0.29, 0.717) is 0 Å². The third-order valence-corrected chi connectivity index (χ3v) is 1.98. The number of hydrogen-bond donors (Lipinski definition) is 0. The van der Waals surface area contributed by atoms with Gasteiger partial charge < -0.3 is 18.3 Å². The third kappa shape index (κ3) is 2.97. The van der Waals surface area contributed by atoms with Crippen molar-refractivity contribution in [3.8, 4) is 5.88 Å². The molecule has 0 bridgehead atoms. The number of nitrogens with zero attached hydrogens (tertiary/aromatic N) is 1. The minimum absolute atomic E-state index is 0.118. The van der Waals surface area contributed by atoms with E-state index in [2.05, 4.69) is 13.8 Å². The summed E-state index contributed by atoms with van der Waals surface area (Å²) in [5.74, 6) is -0.333. The number of carbonyl (C=O) groups is 1. The zero-order chi connectivity index (χ0) is 13.0. The van der Waals surface area contributed by atoms with Crippen molar-refractivity contribution in [1.29, 1.82) is 0 Å². The first kappa shape index (κ1) is 11.9. The van der Waals surface area contributed by atoms with E-state index in [9.17, 15) is 9.59 Å². The SMILES string of the molecule is Cc1oc(=O)oc1COC(=O)Oc1ccccn1. The summed E-state index contributed by atoms with van der Waals surface area (Å²) in [6, 6.07) is 4.85. The Kier molecular flexibility index (Phi) is 3.42. The molecule has 0 aromatic carbocycles. The van der Waals surface area contributed by atoms with Gasteiger partial charge in [-0.1, -0.05) is 6.07 Å². The van der Waals surface area contributed by atoms with Crippen molar-refractivity contribution in [2.45, 2.75) is 13.5 Å². The van der Waals surface area contributed by atoms with Crippen LogP contribution in [0.15, 0.2) is 38.0 Å². The highest BCUT2D eigenvalue weighted by molar-refractivity contribution is 5.62. The molecule has 0 atom stereocenters. The smallest absolute Gasteiger partial charge is 0.426 e. The average Bonchev–Trinajstić information content (AvgIpc) is 2.66. The van der Waals surface area contributed by atoms with Crippen LogP contribution in [0.3, 0.4) is 0 Å². The second kappa shape index (κ2) is 5.17. The maximum absolute atomic E-state index is 11.3. The molecule has 18 heavy (non-hydrogen) atoms. The lowest BCUT2D eigenvalue weighted by Crippen LogP contribution is -2.11. The molecule has 0 N–H and O–H groups in total. The Morgan fingerprint density at radius 2 is 2.22 bits per heavy atom. The Balaban J connectivity index is 1.89. The Morgan fingerprint density at radius 1 is 1.39 bits per heavy atom. The minimum atomic E-state index is -0.947. The van der Waals surface area contributed by atoms with Gasteiger partial charge in [-0.2, -0.15) is 0 Å². The van der Waals surface area contributed by atoms with Gasteiger partial charge in [0.15, 0.2) is 18.1 Å². The van der Waals surface area contributed by atoms with Crippen LogP contribution in [-0.2, 0) is 11.3 Å². The van der Waals surface area contributed by atoms with E-state index in [1.165, 1.54) is 19.2 Å². The van der Waals surface area contributed by atoms with E-state index >= 15 is 0 Å².